The van der Waals surface area contributed by atoms with Crippen LogP contribution in [0.2, 0.25) is 0 Å². The second-order valence-electron chi connectivity index (χ2n) is 1.66. The molecular weight excluding hydrogens is 136 g/mol. The van der Waals surface area contributed by atoms with Gasteiger partial charge in [0.05, 0.1) is 0 Å². The number of thioether (sulfide) groups is 1. The van der Waals surface area contributed by atoms with Crippen LogP contribution < -0.4 is 11.1 Å². The average Bonchev–Trinajstić information content (AvgIpc) is 2.11. The van der Waals surface area contributed by atoms with Crippen molar-refractivity contribution in [3.8, 4) is 0 Å². The van der Waals surface area contributed by atoms with Gasteiger partial charge >= 0.3 is 0 Å². The number of nitrogens with one attached hydrogen (secondary N) is 1. The van der Waals surface area contributed by atoms with E-state index in [1.807, 2.05) is 11.8 Å². The molecular formula is C5H12N2OS. The minimum Gasteiger partial charge on any atom is -0.370 e. The summed E-state index contributed by atoms with van der Waals surface area (Å²) in [6, 6.07) is 0. The van der Waals surface area contributed by atoms with Crippen LogP contribution >= 0.6 is 11.8 Å². The molecule has 54 valence electrons. The van der Waals surface area contributed by atoms with E-state index in [4.69, 9.17) is 0 Å². The maximum Gasteiger partial charge on any atom is 0.214 e. The van der Waals surface area contributed by atoms with E-state index in [-0.39, 0.29) is 5.91 Å². The Kier molecular flexibility index (Phi) is 5.76. The first-order valence-corrected chi connectivity index (χ1v) is 3.93. The van der Waals surface area contributed by atoms with Gasteiger partial charge in [-0.1, -0.05) is 0 Å². The minimum absolute atomic E-state index is 0.333. The van der Waals surface area contributed by atoms with E-state index in [1.165, 1.54) is 25.1 Å². The largest absolute Gasteiger partial charge is 0.370 e. The Bertz CT molecular complexity index is 71.4. The molecule has 0 atom stereocenters. The maximum absolute atomic E-state index is 9.22. The summed E-state index contributed by atoms with van der Waals surface area (Å²) in [6.07, 6.45) is 0. The fourth-order valence-corrected chi connectivity index (χ4v) is 1.08. The Morgan fingerprint density at radius 3 is 2.44 bits per heavy atom. The highest BCUT2D eigenvalue weighted by Crippen LogP contribution is 1.99. The van der Waals surface area contributed by atoms with Crippen molar-refractivity contribution in [1.29, 1.82) is 0 Å². The molecule has 3 N–H and O–H groups in total. The molecule has 0 aromatic heterocycles. The molecule has 0 spiro atoms. The molecule has 0 unspecified atom stereocenters. The summed E-state index contributed by atoms with van der Waals surface area (Å²) >= 11 is 1.96. The molecule has 1 aliphatic rings. The van der Waals surface area contributed by atoms with Crippen LogP contribution in [0.15, 0.2) is 0 Å². The van der Waals surface area contributed by atoms with Crippen LogP contribution in [-0.2, 0) is 4.79 Å². The molecule has 1 fully saturated rings. The van der Waals surface area contributed by atoms with Crippen molar-refractivity contribution in [3.05, 3.63) is 0 Å². The highest BCUT2D eigenvalue weighted by atomic mass is 32.2. The summed E-state index contributed by atoms with van der Waals surface area (Å²) in [7, 11) is 0. The Labute approximate surface area is 59.4 Å². The molecule has 0 saturated carbocycles. The van der Waals surface area contributed by atoms with Gasteiger partial charge in [-0.2, -0.15) is 0 Å². The number of hydrogen-bond acceptors (Lipinski definition) is 3. The first-order chi connectivity index (χ1) is 4.23. The van der Waals surface area contributed by atoms with E-state index in [2.05, 4.69) is 11.1 Å². The van der Waals surface area contributed by atoms with Crippen LogP contribution in [0, 0.1) is 0 Å². The van der Waals surface area contributed by atoms with E-state index in [9.17, 15) is 4.79 Å². The molecule has 0 aromatic carbocycles. The second-order valence-corrected chi connectivity index (χ2v) is 2.77. The first kappa shape index (κ1) is 8.78. The Balaban J connectivity index is 0.000000148. The van der Waals surface area contributed by atoms with E-state index in [0.717, 1.165) is 0 Å². The number of rotatable bonds is 0. The molecule has 1 saturated heterocycles. The lowest BCUT2D eigenvalue weighted by molar-refractivity contribution is -0.115. The minimum atomic E-state index is -0.333. The number of carbonyl (C=O) groups excluding carboxylic acids is 1. The van der Waals surface area contributed by atoms with Gasteiger partial charge in [-0.05, 0) is 0 Å². The Hall–Kier alpha value is -0.220. The van der Waals surface area contributed by atoms with Gasteiger partial charge in [-0.15, -0.1) is 11.8 Å². The normalized spacial score (nSPS) is 16.1. The first-order valence-electron chi connectivity index (χ1n) is 2.78. The van der Waals surface area contributed by atoms with Crippen LogP contribution in [0.25, 0.3) is 0 Å². The fraction of sp³-hybridized carbons (Fsp3) is 0.800. The van der Waals surface area contributed by atoms with Crippen LogP contribution in [0.5, 0.6) is 0 Å². The molecule has 0 bridgehead atoms. The van der Waals surface area contributed by atoms with Crippen LogP contribution in [-0.4, -0.2) is 24.1 Å². The van der Waals surface area contributed by atoms with Crippen molar-refractivity contribution in [2.24, 2.45) is 5.73 Å². The Morgan fingerprint density at radius 2 is 2.33 bits per heavy atom. The van der Waals surface area contributed by atoms with E-state index in [1.54, 1.807) is 0 Å². The SMILES string of the molecule is C1CSCN1.CC(N)=O. The number of hydrogen-bond donors (Lipinski definition) is 2. The fourth-order valence-electron chi connectivity index (χ4n) is 0.361. The van der Waals surface area contributed by atoms with Gasteiger partial charge in [-0.25, -0.2) is 0 Å². The average molecular weight is 148 g/mol. The highest BCUT2D eigenvalue weighted by molar-refractivity contribution is 7.99. The van der Waals surface area contributed by atoms with Crippen molar-refractivity contribution < 1.29 is 4.79 Å². The number of primary amides is 1. The molecule has 3 nitrogen and oxygen atoms in total. The molecule has 1 heterocycles. The lowest BCUT2D eigenvalue weighted by Gasteiger charge is -1.74. The van der Waals surface area contributed by atoms with Crippen molar-refractivity contribution in [2.75, 3.05) is 18.2 Å². The van der Waals surface area contributed by atoms with Crippen molar-refractivity contribution in [1.82, 2.24) is 5.32 Å². The zero-order valence-electron chi connectivity index (χ0n) is 5.52. The lowest BCUT2D eigenvalue weighted by atomic mass is 10.8. The number of carbonyl (C=O) groups is 1. The third kappa shape index (κ3) is 11.4. The predicted octanol–water partition coefficient (Wildman–Crippen LogP) is -0.228. The Morgan fingerprint density at radius 1 is 1.78 bits per heavy atom. The molecule has 1 amide bonds. The summed E-state index contributed by atoms with van der Waals surface area (Å²) in [5.74, 6) is 2.14. The van der Waals surface area contributed by atoms with Crippen LogP contribution in [0.3, 0.4) is 0 Å². The molecule has 9 heavy (non-hydrogen) atoms. The van der Waals surface area contributed by atoms with Crippen LogP contribution in [0.1, 0.15) is 6.92 Å². The molecule has 0 radical (unpaired) electrons. The summed E-state index contributed by atoms with van der Waals surface area (Å²) in [6.45, 7) is 2.52. The topological polar surface area (TPSA) is 55.1 Å². The lowest BCUT2D eigenvalue weighted by Crippen LogP contribution is -2.04. The zero-order valence-corrected chi connectivity index (χ0v) is 6.33. The quantitative estimate of drug-likeness (QED) is 0.499. The van der Waals surface area contributed by atoms with Crippen LogP contribution in [0.4, 0.5) is 0 Å². The molecule has 0 aliphatic carbocycles. The van der Waals surface area contributed by atoms with E-state index >= 15 is 0 Å². The molecule has 1 aliphatic heterocycles. The van der Waals surface area contributed by atoms with Crippen molar-refractivity contribution >= 4 is 17.7 Å². The number of nitrogens with two attached hydrogens (primary N) is 1. The monoisotopic (exact) mass is 148 g/mol. The third-order valence-corrected chi connectivity index (χ3v) is 1.53. The number of amides is 1. The summed E-state index contributed by atoms with van der Waals surface area (Å²) in [5, 5.41) is 3.19. The standard InChI is InChI=1S/C3H7NS.C2H5NO/c1-2-5-3-4-1;1-2(3)4/h4H,1-3H2;1H3,(H2,3,4). The molecule has 4 heteroatoms. The van der Waals surface area contributed by atoms with Crippen molar-refractivity contribution in [2.45, 2.75) is 6.92 Å². The predicted molar refractivity (Wildman–Crippen MR) is 40.2 cm³/mol. The van der Waals surface area contributed by atoms with Gasteiger partial charge in [0.15, 0.2) is 0 Å². The van der Waals surface area contributed by atoms with Crippen molar-refractivity contribution in [3.63, 3.8) is 0 Å². The summed E-state index contributed by atoms with van der Waals surface area (Å²) in [5.41, 5.74) is 4.47. The highest BCUT2D eigenvalue weighted by Gasteiger charge is 1.93. The smallest absolute Gasteiger partial charge is 0.214 e. The van der Waals surface area contributed by atoms with E-state index in [0.29, 0.717) is 0 Å². The van der Waals surface area contributed by atoms with Gasteiger partial charge in [0.2, 0.25) is 5.91 Å². The second kappa shape index (κ2) is 5.91. The molecule has 0 aromatic rings. The molecule has 1 rings (SSSR count). The third-order valence-electron chi connectivity index (χ3n) is 0.627. The van der Waals surface area contributed by atoms with Gasteiger partial charge in [0.25, 0.3) is 0 Å². The van der Waals surface area contributed by atoms with Gasteiger partial charge in [-0.3, -0.25) is 4.79 Å². The summed E-state index contributed by atoms with van der Waals surface area (Å²) < 4.78 is 0. The van der Waals surface area contributed by atoms with Gasteiger partial charge < -0.3 is 11.1 Å². The van der Waals surface area contributed by atoms with Gasteiger partial charge in [0, 0.05) is 25.1 Å². The zero-order chi connectivity index (χ0) is 7.11. The van der Waals surface area contributed by atoms with Gasteiger partial charge in [0.1, 0.15) is 0 Å². The van der Waals surface area contributed by atoms with E-state index < -0.39 is 0 Å². The maximum atomic E-state index is 9.22. The summed E-state index contributed by atoms with van der Waals surface area (Å²) in [4.78, 5) is 9.22.